The highest BCUT2D eigenvalue weighted by molar-refractivity contribution is 7.15. The largest absolute Gasteiger partial charge is 0.573 e. The molecular weight excluding hydrogens is 433 g/mol. The summed E-state index contributed by atoms with van der Waals surface area (Å²) in [6, 6.07) is 9.32. The van der Waals surface area contributed by atoms with Gasteiger partial charge < -0.3 is 14.9 Å². The normalized spacial score (nSPS) is 12.0. The van der Waals surface area contributed by atoms with E-state index in [1.165, 1.54) is 46.1 Å². The number of halogens is 3. The standard InChI is InChI=1S/C21H13F3N2O4S/c22-21(23,24)30-14-7-4-12(5-8-14)17-15(25-20-26(19(17)29)10-11-31-20)9-6-13-2-1-3-16(27)18(13)28/h1-11,27-28H. The van der Waals surface area contributed by atoms with E-state index in [1.54, 1.807) is 23.7 Å². The molecule has 0 spiro atoms. The molecule has 10 heteroatoms. The first kappa shape index (κ1) is 20.5. The Labute approximate surface area is 176 Å². The van der Waals surface area contributed by atoms with Gasteiger partial charge in [0.1, 0.15) is 5.75 Å². The highest BCUT2D eigenvalue weighted by atomic mass is 32.1. The summed E-state index contributed by atoms with van der Waals surface area (Å²) >= 11 is 1.24. The van der Waals surface area contributed by atoms with Crippen molar-refractivity contribution in [2.75, 3.05) is 0 Å². The number of benzene rings is 2. The van der Waals surface area contributed by atoms with E-state index < -0.39 is 17.7 Å². The Morgan fingerprint density at radius 1 is 1.06 bits per heavy atom. The lowest BCUT2D eigenvalue weighted by molar-refractivity contribution is -0.274. The molecule has 0 saturated heterocycles. The fourth-order valence-corrected chi connectivity index (χ4v) is 3.68. The number of alkyl halides is 3. The third kappa shape index (κ3) is 4.24. The molecule has 31 heavy (non-hydrogen) atoms. The smallest absolute Gasteiger partial charge is 0.504 e. The summed E-state index contributed by atoms with van der Waals surface area (Å²) in [5, 5.41) is 21.3. The maximum Gasteiger partial charge on any atom is 0.573 e. The summed E-state index contributed by atoms with van der Waals surface area (Å²) in [6.45, 7) is 0. The Hall–Kier alpha value is -3.79. The van der Waals surface area contributed by atoms with E-state index in [1.807, 2.05) is 0 Å². The summed E-state index contributed by atoms with van der Waals surface area (Å²) in [5.41, 5.74) is 0.640. The van der Waals surface area contributed by atoms with Gasteiger partial charge in [-0.3, -0.25) is 9.20 Å². The molecule has 0 fully saturated rings. The maximum absolute atomic E-state index is 13.1. The molecule has 0 aliphatic rings. The lowest BCUT2D eigenvalue weighted by Gasteiger charge is -2.10. The van der Waals surface area contributed by atoms with E-state index in [2.05, 4.69) is 9.72 Å². The van der Waals surface area contributed by atoms with E-state index in [-0.39, 0.29) is 22.8 Å². The SMILES string of the molecule is O=c1c(-c2ccc(OC(F)(F)F)cc2)c(C=Cc2cccc(O)c2O)nc2sccn12. The number of aromatic hydroxyl groups is 2. The highest BCUT2D eigenvalue weighted by Crippen LogP contribution is 2.31. The number of hydrogen-bond acceptors (Lipinski definition) is 6. The van der Waals surface area contributed by atoms with Crippen LogP contribution in [0, 0.1) is 0 Å². The van der Waals surface area contributed by atoms with Crippen LogP contribution in [0.25, 0.3) is 28.2 Å². The third-order valence-corrected chi connectivity index (χ3v) is 5.09. The quantitative estimate of drug-likeness (QED) is 0.436. The summed E-state index contributed by atoms with van der Waals surface area (Å²) in [5.74, 6) is -1.05. The van der Waals surface area contributed by atoms with Gasteiger partial charge in [0.15, 0.2) is 16.5 Å². The van der Waals surface area contributed by atoms with Crippen LogP contribution in [0.2, 0.25) is 0 Å². The average Bonchev–Trinajstić information content (AvgIpc) is 3.18. The maximum atomic E-state index is 13.1. The first-order chi connectivity index (χ1) is 14.7. The molecule has 0 aliphatic heterocycles. The molecule has 2 N–H and O–H groups in total. The molecule has 4 aromatic rings. The predicted octanol–water partition coefficient (Wildman–Crippen LogP) is 4.90. The second-order valence-electron chi connectivity index (χ2n) is 6.35. The molecule has 0 bridgehead atoms. The average molecular weight is 446 g/mol. The Morgan fingerprint density at radius 3 is 2.52 bits per heavy atom. The third-order valence-electron chi connectivity index (χ3n) is 4.34. The Morgan fingerprint density at radius 2 is 1.81 bits per heavy atom. The molecule has 0 unspecified atom stereocenters. The molecule has 6 nitrogen and oxygen atoms in total. The van der Waals surface area contributed by atoms with E-state index in [9.17, 15) is 28.2 Å². The van der Waals surface area contributed by atoms with Crippen molar-refractivity contribution in [1.29, 1.82) is 0 Å². The van der Waals surface area contributed by atoms with Crippen molar-refractivity contribution >= 4 is 28.4 Å². The first-order valence-corrected chi connectivity index (χ1v) is 9.66. The number of phenols is 2. The minimum Gasteiger partial charge on any atom is -0.504 e. The molecule has 0 saturated carbocycles. The fraction of sp³-hybridized carbons (Fsp3) is 0.0476. The van der Waals surface area contributed by atoms with Gasteiger partial charge in [0, 0.05) is 17.1 Å². The number of ether oxygens (including phenoxy) is 1. The summed E-state index contributed by atoms with van der Waals surface area (Å²) in [7, 11) is 0. The monoisotopic (exact) mass is 446 g/mol. The lowest BCUT2D eigenvalue weighted by atomic mass is 10.0. The number of thiazole rings is 1. The Bertz CT molecular complexity index is 1340. The highest BCUT2D eigenvalue weighted by Gasteiger charge is 2.31. The second-order valence-corrected chi connectivity index (χ2v) is 7.23. The Balaban J connectivity index is 1.82. The van der Waals surface area contributed by atoms with Gasteiger partial charge in [-0.1, -0.05) is 24.3 Å². The number of para-hydroxylation sites is 1. The van der Waals surface area contributed by atoms with Crippen LogP contribution >= 0.6 is 11.3 Å². The first-order valence-electron chi connectivity index (χ1n) is 8.78. The van der Waals surface area contributed by atoms with Crippen molar-refractivity contribution in [3.05, 3.63) is 75.7 Å². The van der Waals surface area contributed by atoms with Gasteiger partial charge in [0.25, 0.3) is 5.56 Å². The van der Waals surface area contributed by atoms with Crippen LogP contribution in [0.15, 0.2) is 58.8 Å². The number of phenolic OH excluding ortho intramolecular Hbond substituents is 2. The molecular formula is C21H13F3N2O4S. The number of fused-ring (bicyclic) bond motifs is 1. The van der Waals surface area contributed by atoms with Crippen LogP contribution < -0.4 is 10.3 Å². The number of nitrogens with zero attached hydrogens (tertiary/aromatic N) is 2. The van der Waals surface area contributed by atoms with Crippen molar-refractivity contribution in [3.8, 4) is 28.4 Å². The minimum atomic E-state index is -4.82. The van der Waals surface area contributed by atoms with Crippen LogP contribution in [0.1, 0.15) is 11.3 Å². The van der Waals surface area contributed by atoms with Crippen LogP contribution in [0.5, 0.6) is 17.2 Å². The van der Waals surface area contributed by atoms with Crippen molar-refractivity contribution in [2.24, 2.45) is 0 Å². The van der Waals surface area contributed by atoms with E-state index in [0.717, 1.165) is 12.1 Å². The molecule has 4 rings (SSSR count). The predicted molar refractivity (Wildman–Crippen MR) is 110 cm³/mol. The molecule has 2 aromatic carbocycles. The molecule has 2 aromatic heterocycles. The zero-order chi connectivity index (χ0) is 22.2. The van der Waals surface area contributed by atoms with Crippen LogP contribution in [0.3, 0.4) is 0 Å². The van der Waals surface area contributed by atoms with Gasteiger partial charge in [-0.15, -0.1) is 24.5 Å². The van der Waals surface area contributed by atoms with Crippen molar-refractivity contribution in [3.63, 3.8) is 0 Å². The molecule has 0 aliphatic carbocycles. The number of aromatic nitrogens is 2. The minimum absolute atomic E-state index is 0.158. The summed E-state index contributed by atoms with van der Waals surface area (Å²) < 4.78 is 42.5. The molecule has 0 radical (unpaired) electrons. The molecule has 158 valence electrons. The summed E-state index contributed by atoms with van der Waals surface area (Å²) in [6.07, 6.45) is -0.305. The topological polar surface area (TPSA) is 84.1 Å². The van der Waals surface area contributed by atoms with Gasteiger partial charge >= 0.3 is 6.36 Å². The van der Waals surface area contributed by atoms with Crippen molar-refractivity contribution < 1.29 is 28.1 Å². The lowest BCUT2D eigenvalue weighted by Crippen LogP contribution is -2.18. The number of rotatable bonds is 4. The fourth-order valence-electron chi connectivity index (χ4n) is 2.96. The second kappa shape index (κ2) is 7.80. The van der Waals surface area contributed by atoms with Crippen LogP contribution in [0.4, 0.5) is 13.2 Å². The van der Waals surface area contributed by atoms with Crippen molar-refractivity contribution in [1.82, 2.24) is 9.38 Å². The molecule has 2 heterocycles. The zero-order valence-electron chi connectivity index (χ0n) is 15.5. The Kier molecular flexibility index (Phi) is 5.15. The van der Waals surface area contributed by atoms with Gasteiger partial charge in [0.05, 0.1) is 11.3 Å². The van der Waals surface area contributed by atoms with Crippen molar-refractivity contribution in [2.45, 2.75) is 6.36 Å². The van der Waals surface area contributed by atoms with Crippen LogP contribution in [-0.2, 0) is 0 Å². The van der Waals surface area contributed by atoms with E-state index >= 15 is 0 Å². The molecule has 0 amide bonds. The molecule has 0 atom stereocenters. The number of hydrogen-bond donors (Lipinski definition) is 2. The van der Waals surface area contributed by atoms with E-state index in [0.29, 0.717) is 16.1 Å². The van der Waals surface area contributed by atoms with E-state index in [4.69, 9.17) is 0 Å². The summed E-state index contributed by atoms with van der Waals surface area (Å²) in [4.78, 5) is 17.9. The zero-order valence-corrected chi connectivity index (χ0v) is 16.3. The van der Waals surface area contributed by atoms with Crippen LogP contribution in [-0.4, -0.2) is 26.0 Å². The van der Waals surface area contributed by atoms with Gasteiger partial charge in [-0.25, -0.2) is 4.98 Å². The van der Waals surface area contributed by atoms with Gasteiger partial charge in [0.2, 0.25) is 0 Å². The van der Waals surface area contributed by atoms with Gasteiger partial charge in [-0.2, -0.15) is 0 Å². The van der Waals surface area contributed by atoms with Gasteiger partial charge in [-0.05, 0) is 35.9 Å².